The number of carbonyl (C=O) groups excluding carboxylic acids is 3. The molecule has 0 spiro atoms. The van der Waals surface area contributed by atoms with Gasteiger partial charge in [0.05, 0.1) is 18.1 Å². The quantitative estimate of drug-likeness (QED) is 0.321. The van der Waals surface area contributed by atoms with Crippen LogP contribution in [-0.2, 0) is 23.9 Å². The highest BCUT2D eigenvalue weighted by Gasteiger charge is 2.44. The Balaban J connectivity index is 2.37. The van der Waals surface area contributed by atoms with E-state index >= 15 is 0 Å². The molecule has 0 radical (unpaired) electrons. The molecule has 1 aliphatic heterocycles. The Labute approximate surface area is 157 Å². The van der Waals surface area contributed by atoms with Gasteiger partial charge in [-0.15, -0.1) is 0 Å². The third-order valence-electron chi connectivity index (χ3n) is 4.74. The van der Waals surface area contributed by atoms with Crippen LogP contribution in [0.15, 0.2) is 47.6 Å². The fraction of sp³-hybridized carbons (Fsp3) is 0.450. The molecule has 2 rings (SSSR count). The second kappa shape index (κ2) is 8.92. The Hall–Kier alpha value is -2.51. The van der Waals surface area contributed by atoms with Gasteiger partial charge >= 0.3 is 11.9 Å². The minimum absolute atomic E-state index is 0.154. The van der Waals surface area contributed by atoms with Crippen molar-refractivity contribution >= 4 is 18.2 Å². The standard InChI is InChI=1S/C20H24O7/c1-11-5-4-6-14(9-21)8-17-18(13(3)20(25)27-17)16(7-11)26-19(24)12(2)15(23)10-22/h5,8-9,15-18,22-23H,2-4,6-7,10H2,1H3/b11-5+,14-8+/t15-,16-,17+,18+/m0/s1. The van der Waals surface area contributed by atoms with Gasteiger partial charge in [0.1, 0.15) is 24.6 Å². The molecule has 0 bridgehead atoms. The maximum atomic E-state index is 12.3. The van der Waals surface area contributed by atoms with Gasteiger partial charge in [0.25, 0.3) is 0 Å². The average Bonchev–Trinajstić information content (AvgIpc) is 2.92. The van der Waals surface area contributed by atoms with Crippen LogP contribution in [0, 0.1) is 5.92 Å². The Kier molecular flexibility index (Phi) is 6.87. The maximum Gasteiger partial charge on any atom is 0.336 e. The van der Waals surface area contributed by atoms with E-state index in [0.717, 1.165) is 11.9 Å². The van der Waals surface area contributed by atoms with Gasteiger partial charge in [-0.1, -0.05) is 24.8 Å². The van der Waals surface area contributed by atoms with Gasteiger partial charge in [0.15, 0.2) is 0 Å². The lowest BCUT2D eigenvalue weighted by Gasteiger charge is -2.27. The minimum Gasteiger partial charge on any atom is -0.458 e. The van der Waals surface area contributed by atoms with Crippen LogP contribution in [0.2, 0.25) is 0 Å². The number of hydrogen-bond acceptors (Lipinski definition) is 7. The molecule has 0 saturated carbocycles. The van der Waals surface area contributed by atoms with Gasteiger partial charge in [-0.3, -0.25) is 4.79 Å². The highest BCUT2D eigenvalue weighted by atomic mass is 16.6. The van der Waals surface area contributed by atoms with Crippen molar-refractivity contribution in [3.05, 3.63) is 47.6 Å². The highest BCUT2D eigenvalue weighted by molar-refractivity contribution is 5.92. The zero-order valence-corrected chi connectivity index (χ0v) is 15.2. The predicted octanol–water partition coefficient (Wildman–Crippen LogP) is 1.16. The SMILES string of the molecule is C=C1C(=O)O[C@@H]2/C=C(/C=O)CC/C=C(\C)C[C@H](OC(=O)C(=C)[C@@H](O)CO)[C@@H]12. The van der Waals surface area contributed by atoms with Crippen LogP contribution in [0.3, 0.4) is 0 Å². The lowest BCUT2D eigenvalue weighted by molar-refractivity contribution is -0.148. The number of ether oxygens (including phenoxy) is 2. The second-order valence-electron chi connectivity index (χ2n) is 6.74. The number of hydrogen-bond donors (Lipinski definition) is 2. The molecule has 7 heteroatoms. The van der Waals surface area contributed by atoms with E-state index in [-0.39, 0.29) is 11.1 Å². The summed E-state index contributed by atoms with van der Waals surface area (Å²) in [5.74, 6) is -2.16. The Morgan fingerprint density at radius 2 is 2.22 bits per heavy atom. The van der Waals surface area contributed by atoms with Crippen molar-refractivity contribution in [2.45, 2.75) is 44.5 Å². The van der Waals surface area contributed by atoms with Crippen molar-refractivity contribution < 1.29 is 34.1 Å². The van der Waals surface area contributed by atoms with Crippen molar-refractivity contribution in [3.63, 3.8) is 0 Å². The normalized spacial score (nSPS) is 30.7. The van der Waals surface area contributed by atoms with E-state index in [0.29, 0.717) is 24.8 Å². The summed E-state index contributed by atoms with van der Waals surface area (Å²) >= 11 is 0. The van der Waals surface area contributed by atoms with Crippen LogP contribution in [0.4, 0.5) is 0 Å². The van der Waals surface area contributed by atoms with Gasteiger partial charge in [-0.2, -0.15) is 0 Å². The number of carbonyl (C=O) groups is 3. The number of rotatable bonds is 5. The highest BCUT2D eigenvalue weighted by Crippen LogP contribution is 2.36. The van der Waals surface area contributed by atoms with Crippen molar-refractivity contribution in [1.82, 2.24) is 0 Å². The van der Waals surface area contributed by atoms with Crippen LogP contribution in [0.1, 0.15) is 26.2 Å². The van der Waals surface area contributed by atoms with Crippen LogP contribution < -0.4 is 0 Å². The van der Waals surface area contributed by atoms with Gasteiger partial charge in [0, 0.05) is 12.0 Å². The van der Waals surface area contributed by atoms with Crippen molar-refractivity contribution in [1.29, 1.82) is 0 Å². The zero-order valence-electron chi connectivity index (χ0n) is 15.2. The number of esters is 2. The molecule has 0 aromatic rings. The number of aliphatic hydroxyl groups is 2. The van der Waals surface area contributed by atoms with E-state index in [4.69, 9.17) is 14.6 Å². The fourth-order valence-corrected chi connectivity index (χ4v) is 3.16. The summed E-state index contributed by atoms with van der Waals surface area (Å²) in [5, 5.41) is 18.6. The molecule has 1 aliphatic carbocycles. The molecule has 1 heterocycles. The van der Waals surface area contributed by atoms with E-state index in [9.17, 15) is 19.5 Å². The lowest BCUT2D eigenvalue weighted by atomic mass is 9.85. The topological polar surface area (TPSA) is 110 Å². The van der Waals surface area contributed by atoms with Gasteiger partial charge in [-0.05, 0) is 31.4 Å². The lowest BCUT2D eigenvalue weighted by Crippen LogP contribution is -2.35. The molecule has 4 atom stereocenters. The first-order valence-electron chi connectivity index (χ1n) is 8.68. The molecule has 1 saturated heterocycles. The molecule has 1 fully saturated rings. The summed E-state index contributed by atoms with van der Waals surface area (Å²) in [6.07, 6.45) is 2.68. The molecule has 7 nitrogen and oxygen atoms in total. The Morgan fingerprint density at radius 1 is 1.52 bits per heavy atom. The minimum atomic E-state index is -1.43. The molecule has 0 unspecified atom stereocenters. The van der Waals surface area contributed by atoms with Gasteiger partial charge < -0.3 is 19.7 Å². The van der Waals surface area contributed by atoms with Crippen LogP contribution in [0.5, 0.6) is 0 Å². The van der Waals surface area contributed by atoms with Crippen LogP contribution in [-0.4, -0.2) is 53.4 Å². The third kappa shape index (κ3) is 4.81. The number of aliphatic hydroxyl groups excluding tert-OH is 2. The average molecular weight is 376 g/mol. The molecule has 2 aliphatic rings. The summed E-state index contributed by atoms with van der Waals surface area (Å²) in [4.78, 5) is 35.7. The Morgan fingerprint density at radius 3 is 2.85 bits per heavy atom. The fourth-order valence-electron chi connectivity index (χ4n) is 3.16. The van der Waals surface area contributed by atoms with Crippen LogP contribution >= 0.6 is 0 Å². The molecular formula is C20H24O7. The molecule has 0 aromatic carbocycles. The van der Waals surface area contributed by atoms with E-state index in [1.807, 2.05) is 13.0 Å². The largest absolute Gasteiger partial charge is 0.458 e. The predicted molar refractivity (Wildman–Crippen MR) is 96.4 cm³/mol. The molecule has 0 amide bonds. The first-order valence-corrected chi connectivity index (χ1v) is 8.68. The molecule has 0 aromatic heterocycles. The van der Waals surface area contributed by atoms with E-state index < -0.39 is 42.8 Å². The number of fused-ring (bicyclic) bond motifs is 1. The van der Waals surface area contributed by atoms with Crippen LogP contribution in [0.25, 0.3) is 0 Å². The van der Waals surface area contributed by atoms with Gasteiger partial charge in [0.2, 0.25) is 0 Å². The summed E-state index contributed by atoms with van der Waals surface area (Å²) in [6, 6.07) is 0. The van der Waals surface area contributed by atoms with Gasteiger partial charge in [-0.25, -0.2) is 9.59 Å². The smallest absolute Gasteiger partial charge is 0.336 e. The molecule has 146 valence electrons. The summed E-state index contributed by atoms with van der Waals surface area (Å²) in [7, 11) is 0. The van der Waals surface area contributed by atoms with E-state index in [2.05, 4.69) is 13.2 Å². The molecule has 2 N–H and O–H groups in total. The second-order valence-corrected chi connectivity index (χ2v) is 6.74. The van der Waals surface area contributed by atoms with Crippen molar-refractivity contribution in [2.24, 2.45) is 5.92 Å². The number of allylic oxidation sites excluding steroid dienone is 2. The monoisotopic (exact) mass is 376 g/mol. The molecular weight excluding hydrogens is 352 g/mol. The Bertz CT molecular complexity index is 716. The molecule has 27 heavy (non-hydrogen) atoms. The van der Waals surface area contributed by atoms with E-state index in [1.54, 1.807) is 6.08 Å². The summed E-state index contributed by atoms with van der Waals surface area (Å²) in [5.41, 5.74) is 1.27. The van der Waals surface area contributed by atoms with E-state index in [1.165, 1.54) is 0 Å². The first kappa shape index (κ1) is 20.8. The summed E-state index contributed by atoms with van der Waals surface area (Å²) < 4.78 is 10.8. The maximum absolute atomic E-state index is 12.3. The number of aldehydes is 1. The third-order valence-corrected chi connectivity index (χ3v) is 4.74. The first-order chi connectivity index (χ1) is 12.8. The zero-order chi connectivity index (χ0) is 20.1. The summed E-state index contributed by atoms with van der Waals surface area (Å²) in [6.45, 7) is 8.41. The van der Waals surface area contributed by atoms with Crippen molar-refractivity contribution in [2.75, 3.05) is 6.61 Å². The van der Waals surface area contributed by atoms with Crippen molar-refractivity contribution in [3.8, 4) is 0 Å².